The summed E-state index contributed by atoms with van der Waals surface area (Å²) in [4.78, 5) is 0. The summed E-state index contributed by atoms with van der Waals surface area (Å²) in [5.74, 6) is 2.18. The molecule has 7 heavy (non-hydrogen) atoms. The predicted octanol–water partition coefficient (Wildman–Crippen LogP) is 2.46. The molecule has 0 N–H and O–H groups in total. The van der Waals surface area contributed by atoms with E-state index in [2.05, 4.69) is 34.1 Å². The first-order valence-electron chi connectivity index (χ1n) is 2.78. The van der Waals surface area contributed by atoms with Gasteiger partial charge in [0.2, 0.25) is 0 Å². The summed E-state index contributed by atoms with van der Waals surface area (Å²) in [6.07, 6.45) is 2.20. The molecule has 2 radical (unpaired) electrons. The van der Waals surface area contributed by atoms with E-state index in [4.69, 9.17) is 0 Å². The first-order valence-corrected chi connectivity index (χ1v) is 2.78. The maximum absolute atomic E-state index is 2.20. The Balaban J connectivity index is 3.14. The van der Waals surface area contributed by atoms with E-state index >= 15 is 0 Å². The molecule has 0 aromatic carbocycles. The van der Waals surface area contributed by atoms with Crippen LogP contribution in [0.25, 0.3) is 0 Å². The van der Waals surface area contributed by atoms with Crippen LogP contribution in [-0.4, -0.2) is 0 Å². The fraction of sp³-hybridized carbons (Fsp3) is 0.714. The Hall–Kier alpha value is 0. The molecule has 0 heterocycles. The molecule has 0 bridgehead atoms. The highest BCUT2D eigenvalue weighted by atomic mass is 14.1. The molecule has 1 atom stereocenters. The maximum Gasteiger partial charge on any atom is -0.0272 e. The Morgan fingerprint density at radius 2 is 1.86 bits per heavy atom. The summed E-state index contributed by atoms with van der Waals surface area (Å²) in [7, 11) is 0. The molecule has 0 heteroatoms. The molecule has 0 rings (SSSR count). The van der Waals surface area contributed by atoms with Crippen LogP contribution in [0.5, 0.6) is 0 Å². The molecule has 0 aromatic heterocycles. The van der Waals surface area contributed by atoms with Crippen LogP contribution < -0.4 is 0 Å². The van der Waals surface area contributed by atoms with Crippen molar-refractivity contribution in [1.82, 2.24) is 0 Å². The van der Waals surface area contributed by atoms with Gasteiger partial charge in [-0.3, -0.25) is 0 Å². The van der Waals surface area contributed by atoms with Crippen LogP contribution in [-0.2, 0) is 0 Å². The average Bonchev–Trinajstić information content (AvgIpc) is 1.65. The maximum atomic E-state index is 2.20. The van der Waals surface area contributed by atoms with E-state index in [1.54, 1.807) is 0 Å². The summed E-state index contributed by atoms with van der Waals surface area (Å²) < 4.78 is 0. The number of rotatable bonds is 2. The molecule has 0 amide bonds. The van der Waals surface area contributed by atoms with Gasteiger partial charge in [0, 0.05) is 0 Å². The largest absolute Gasteiger partial charge is 0.0620 e. The predicted molar refractivity (Wildman–Crippen MR) is 33.7 cm³/mol. The zero-order valence-corrected chi connectivity index (χ0v) is 5.65. The lowest BCUT2D eigenvalue weighted by atomic mass is 9.96. The molecule has 0 aliphatic rings. The third-order valence-electron chi connectivity index (χ3n) is 1.41. The van der Waals surface area contributed by atoms with E-state index in [1.165, 1.54) is 5.92 Å². The lowest BCUT2D eigenvalue weighted by Crippen LogP contribution is -1.98. The second kappa shape index (κ2) is 3.06. The summed E-state index contributed by atoms with van der Waals surface area (Å²) in [6, 6.07) is 0. The summed E-state index contributed by atoms with van der Waals surface area (Å²) in [5, 5.41) is 0. The SMILES string of the molecule is C[CH]C(C)[C](C)C. The van der Waals surface area contributed by atoms with E-state index < -0.39 is 0 Å². The molecule has 0 fully saturated rings. The molecular weight excluding hydrogens is 84.1 g/mol. The Labute approximate surface area is 46.9 Å². The molecule has 0 nitrogen and oxygen atoms in total. The second-order valence-corrected chi connectivity index (χ2v) is 2.20. The molecule has 0 aliphatic heterocycles. The molecule has 42 valence electrons. The quantitative estimate of drug-likeness (QED) is 0.497. The standard InChI is InChI=1S/C7H14/c1-5-7(4)6(2)3/h5,7H,1-4H3. The summed E-state index contributed by atoms with van der Waals surface area (Å²) in [6.45, 7) is 8.61. The Morgan fingerprint density at radius 3 is 1.86 bits per heavy atom. The fourth-order valence-electron chi connectivity index (χ4n) is 0.333. The van der Waals surface area contributed by atoms with Crippen molar-refractivity contribution in [3.8, 4) is 0 Å². The van der Waals surface area contributed by atoms with E-state index in [1.807, 2.05) is 0 Å². The Morgan fingerprint density at radius 1 is 1.43 bits per heavy atom. The van der Waals surface area contributed by atoms with E-state index in [9.17, 15) is 0 Å². The summed E-state index contributed by atoms with van der Waals surface area (Å²) in [5.41, 5.74) is 0. The van der Waals surface area contributed by atoms with Crippen LogP contribution in [0.3, 0.4) is 0 Å². The van der Waals surface area contributed by atoms with Crippen LogP contribution >= 0.6 is 0 Å². The van der Waals surface area contributed by atoms with Gasteiger partial charge < -0.3 is 0 Å². The van der Waals surface area contributed by atoms with Gasteiger partial charge in [-0.25, -0.2) is 0 Å². The molecule has 0 aliphatic carbocycles. The van der Waals surface area contributed by atoms with Gasteiger partial charge in [-0.1, -0.05) is 27.7 Å². The number of hydrogen-bond acceptors (Lipinski definition) is 0. The molecule has 1 unspecified atom stereocenters. The monoisotopic (exact) mass is 98.1 g/mol. The average molecular weight is 98.2 g/mol. The van der Waals surface area contributed by atoms with Crippen molar-refractivity contribution in [2.75, 3.05) is 0 Å². The fourth-order valence-corrected chi connectivity index (χ4v) is 0.333. The van der Waals surface area contributed by atoms with Gasteiger partial charge in [0.15, 0.2) is 0 Å². The minimum Gasteiger partial charge on any atom is -0.0620 e. The molecule has 0 saturated carbocycles. The highest BCUT2D eigenvalue weighted by Gasteiger charge is 2.02. The van der Waals surface area contributed by atoms with Crippen molar-refractivity contribution >= 4 is 0 Å². The zero-order valence-electron chi connectivity index (χ0n) is 5.65. The molecule has 0 saturated heterocycles. The Bertz CT molecular complexity index is 37.3. The van der Waals surface area contributed by atoms with Gasteiger partial charge in [0.25, 0.3) is 0 Å². The zero-order chi connectivity index (χ0) is 5.86. The number of hydrogen-bond donors (Lipinski definition) is 0. The van der Waals surface area contributed by atoms with E-state index in [0.717, 1.165) is 0 Å². The van der Waals surface area contributed by atoms with Crippen LogP contribution in [0, 0.1) is 18.3 Å². The lowest BCUT2D eigenvalue weighted by molar-refractivity contribution is 0.692. The normalized spacial score (nSPS) is 15.0. The molecule has 0 aromatic rings. The lowest BCUT2D eigenvalue weighted by Gasteiger charge is -2.09. The smallest absolute Gasteiger partial charge is 0.0272 e. The second-order valence-electron chi connectivity index (χ2n) is 2.20. The van der Waals surface area contributed by atoms with Crippen molar-refractivity contribution in [2.45, 2.75) is 27.7 Å². The highest BCUT2D eigenvalue weighted by molar-refractivity contribution is 4.90. The van der Waals surface area contributed by atoms with Gasteiger partial charge >= 0.3 is 0 Å². The van der Waals surface area contributed by atoms with Gasteiger partial charge in [-0.05, 0) is 18.3 Å². The van der Waals surface area contributed by atoms with E-state index in [-0.39, 0.29) is 0 Å². The molecular formula is C7H14. The summed E-state index contributed by atoms with van der Waals surface area (Å²) >= 11 is 0. The first-order chi connectivity index (χ1) is 3.18. The Kier molecular flexibility index (Phi) is 3.06. The van der Waals surface area contributed by atoms with Crippen molar-refractivity contribution in [1.29, 1.82) is 0 Å². The van der Waals surface area contributed by atoms with Crippen molar-refractivity contribution in [3.05, 3.63) is 12.3 Å². The van der Waals surface area contributed by atoms with Crippen LogP contribution in [0.15, 0.2) is 0 Å². The van der Waals surface area contributed by atoms with Crippen LogP contribution in [0.1, 0.15) is 27.7 Å². The van der Waals surface area contributed by atoms with Gasteiger partial charge in [-0.15, -0.1) is 0 Å². The van der Waals surface area contributed by atoms with Gasteiger partial charge in [0.1, 0.15) is 0 Å². The first kappa shape index (κ1) is 7.00. The highest BCUT2D eigenvalue weighted by Crippen LogP contribution is 2.13. The van der Waals surface area contributed by atoms with Crippen molar-refractivity contribution in [3.63, 3.8) is 0 Å². The van der Waals surface area contributed by atoms with E-state index in [0.29, 0.717) is 5.92 Å². The molecule has 0 spiro atoms. The topological polar surface area (TPSA) is 0 Å². The van der Waals surface area contributed by atoms with Crippen LogP contribution in [0.2, 0.25) is 0 Å². The van der Waals surface area contributed by atoms with Gasteiger partial charge in [-0.2, -0.15) is 0 Å². The van der Waals surface area contributed by atoms with Gasteiger partial charge in [0.05, 0.1) is 0 Å². The van der Waals surface area contributed by atoms with Crippen molar-refractivity contribution in [2.24, 2.45) is 5.92 Å². The minimum atomic E-state index is 0.694. The van der Waals surface area contributed by atoms with Crippen molar-refractivity contribution < 1.29 is 0 Å². The minimum absolute atomic E-state index is 0.694. The third kappa shape index (κ3) is 2.67. The van der Waals surface area contributed by atoms with Crippen LogP contribution in [0.4, 0.5) is 0 Å². The third-order valence-corrected chi connectivity index (χ3v) is 1.41.